The number of nitrogens with zero attached hydrogens (tertiary/aromatic N) is 3. The van der Waals surface area contributed by atoms with Crippen LogP contribution >= 0.6 is 50.3 Å². The number of hydrogen-bond acceptors (Lipinski definition) is 3. The van der Waals surface area contributed by atoms with E-state index >= 15 is 4.39 Å². The third-order valence-electron chi connectivity index (χ3n) is 5.38. The van der Waals surface area contributed by atoms with Crippen molar-refractivity contribution >= 4 is 73.5 Å². The fraction of sp³-hybridized carbons (Fsp3) is 0.174. The molecule has 0 spiro atoms. The Labute approximate surface area is 242 Å². The molecule has 39 heavy (non-hydrogen) atoms. The minimum Gasteiger partial charge on any atom is -0.309 e. The van der Waals surface area contributed by atoms with Gasteiger partial charge in [-0.1, -0.05) is 23.7 Å². The van der Waals surface area contributed by atoms with Gasteiger partial charge >= 0.3 is 18.0 Å². The van der Waals surface area contributed by atoms with E-state index < -0.39 is 50.4 Å². The number of benzene rings is 2. The number of anilines is 2. The summed E-state index contributed by atoms with van der Waals surface area (Å²) in [6, 6.07) is 7.35. The van der Waals surface area contributed by atoms with E-state index in [1.807, 2.05) is 0 Å². The molecule has 0 saturated heterocycles. The second kappa shape index (κ2) is 11.2. The van der Waals surface area contributed by atoms with Crippen LogP contribution in [0.3, 0.4) is 0 Å². The van der Waals surface area contributed by atoms with E-state index in [9.17, 15) is 40.3 Å². The summed E-state index contributed by atoms with van der Waals surface area (Å²) in [5, 5.41) is -0.153. The van der Waals surface area contributed by atoms with Gasteiger partial charge in [0.05, 0.1) is 38.6 Å². The van der Waals surface area contributed by atoms with Crippen molar-refractivity contribution in [3.63, 3.8) is 0 Å². The average Bonchev–Trinajstić information content (AvgIpc) is 2.85. The van der Waals surface area contributed by atoms with Crippen molar-refractivity contribution in [3.05, 3.63) is 86.0 Å². The van der Waals surface area contributed by atoms with Gasteiger partial charge in [0, 0.05) is 22.4 Å². The van der Waals surface area contributed by atoms with E-state index in [0.717, 1.165) is 11.0 Å². The zero-order chi connectivity index (χ0) is 29.5. The average molecular weight is 757 g/mol. The van der Waals surface area contributed by atoms with E-state index in [4.69, 9.17) is 11.6 Å². The van der Waals surface area contributed by atoms with Gasteiger partial charge < -0.3 is 4.90 Å². The Morgan fingerprint density at radius 2 is 1.49 bits per heavy atom. The number of carbonyl (C=O) groups excluding carboxylic acids is 2. The molecule has 2 amide bonds. The summed E-state index contributed by atoms with van der Waals surface area (Å²) in [6.07, 6.45) is -11.3. The van der Waals surface area contributed by atoms with Crippen LogP contribution in [0, 0.1) is 9.39 Å². The quantitative estimate of drug-likeness (QED) is 0.115. The van der Waals surface area contributed by atoms with Crippen LogP contribution in [0.15, 0.2) is 54.7 Å². The van der Waals surface area contributed by atoms with Crippen LogP contribution in [0.4, 0.5) is 46.5 Å². The van der Waals surface area contributed by atoms with Crippen LogP contribution < -0.4 is 8.83 Å². The Bertz CT molecular complexity index is 1420. The number of alkyl halides is 7. The van der Waals surface area contributed by atoms with E-state index in [2.05, 4.69) is 21.1 Å². The largest absolute Gasteiger partial charge is 0.435 e. The first-order valence-electron chi connectivity index (χ1n) is 10.2. The second-order valence-electron chi connectivity index (χ2n) is 7.75. The first-order chi connectivity index (χ1) is 17.9. The van der Waals surface area contributed by atoms with Gasteiger partial charge in [0.1, 0.15) is 5.15 Å². The fourth-order valence-electron chi connectivity index (χ4n) is 3.36. The Kier molecular flexibility index (Phi) is 8.87. The standard InChI is InChI=1S/C23H12BrClF8IN3O2/c1-36(19(38)13-5-3-9-35-18(13)25)16-6-2-4-12(17(16)26)20(39)37(24)15-8-7-11(10-14(15)34)21(27,22(28,29)30)23(31,32)33/h2-10H,1H3. The fourth-order valence-corrected chi connectivity index (χ4v) is 5.15. The minimum atomic E-state index is -6.33. The van der Waals surface area contributed by atoms with Crippen molar-refractivity contribution < 1.29 is 44.7 Å². The molecule has 0 aliphatic heterocycles. The number of halogens is 11. The van der Waals surface area contributed by atoms with Crippen molar-refractivity contribution in [2.45, 2.75) is 18.0 Å². The molecule has 208 valence electrons. The normalized spacial score (nSPS) is 12.3. The molecule has 3 rings (SSSR count). The van der Waals surface area contributed by atoms with E-state index in [1.165, 1.54) is 60.1 Å². The van der Waals surface area contributed by atoms with Crippen molar-refractivity contribution in [2.75, 3.05) is 15.9 Å². The Balaban J connectivity index is 1.97. The van der Waals surface area contributed by atoms with E-state index in [-0.39, 0.29) is 34.2 Å². The highest BCUT2D eigenvalue weighted by Crippen LogP contribution is 2.53. The molecule has 5 nitrogen and oxygen atoms in total. The summed E-state index contributed by atoms with van der Waals surface area (Å²) in [5.74, 6) is -3.08. The molecule has 0 atom stereocenters. The van der Waals surface area contributed by atoms with E-state index in [0.29, 0.717) is 9.99 Å². The molecule has 1 heterocycles. The van der Waals surface area contributed by atoms with Crippen LogP contribution in [-0.2, 0) is 5.67 Å². The Hall–Kier alpha value is -2.53. The summed E-state index contributed by atoms with van der Waals surface area (Å²) >= 11 is 10.1. The third-order valence-corrected chi connectivity index (χ3v) is 7.25. The lowest BCUT2D eigenvalue weighted by atomic mass is 9.94. The highest BCUT2D eigenvalue weighted by Gasteiger charge is 2.73. The lowest BCUT2D eigenvalue weighted by molar-refractivity contribution is -0.348. The minimum absolute atomic E-state index is 0.0591. The predicted molar refractivity (Wildman–Crippen MR) is 138 cm³/mol. The molecular formula is C23H12BrClF8IN3O2. The number of amides is 2. The molecule has 2 aromatic carbocycles. The van der Waals surface area contributed by atoms with Gasteiger partial charge in [0.2, 0.25) is 0 Å². The number of aromatic nitrogens is 1. The summed E-state index contributed by atoms with van der Waals surface area (Å²) < 4.78 is 109. The van der Waals surface area contributed by atoms with Crippen LogP contribution in [0.25, 0.3) is 0 Å². The maximum Gasteiger partial charge on any atom is 0.435 e. The Morgan fingerprint density at radius 3 is 2.03 bits per heavy atom. The van der Waals surface area contributed by atoms with Gasteiger partial charge in [0.25, 0.3) is 11.8 Å². The zero-order valence-corrected chi connectivity index (χ0v) is 23.5. The van der Waals surface area contributed by atoms with Crippen molar-refractivity contribution in [2.24, 2.45) is 0 Å². The van der Waals surface area contributed by atoms with Gasteiger partial charge in [-0.3, -0.25) is 9.59 Å². The number of rotatable bonds is 5. The van der Waals surface area contributed by atoms with Crippen LogP contribution in [0.2, 0.25) is 5.15 Å². The number of hydrogen-bond donors (Lipinski definition) is 0. The summed E-state index contributed by atoms with van der Waals surface area (Å²) in [6.45, 7) is 0. The molecule has 0 fully saturated rings. The SMILES string of the molecule is CN(C(=O)c1cccnc1Cl)c1cccc(C(=O)N(Br)c2ccc(C(F)(C(F)(F)F)C(F)(F)F)cc2I)c1F. The summed E-state index contributed by atoms with van der Waals surface area (Å²) in [4.78, 5) is 30.5. The van der Waals surface area contributed by atoms with Crippen LogP contribution in [-0.4, -0.2) is 36.2 Å². The van der Waals surface area contributed by atoms with E-state index in [1.54, 1.807) is 0 Å². The monoisotopic (exact) mass is 755 g/mol. The highest BCUT2D eigenvalue weighted by molar-refractivity contribution is 14.1. The first kappa shape index (κ1) is 31.0. The third kappa shape index (κ3) is 5.70. The summed E-state index contributed by atoms with van der Waals surface area (Å²) in [7, 11) is 1.20. The van der Waals surface area contributed by atoms with Crippen molar-refractivity contribution in [1.29, 1.82) is 0 Å². The predicted octanol–water partition coefficient (Wildman–Crippen LogP) is 8.00. The molecular weight excluding hydrogens is 745 g/mol. The maximum absolute atomic E-state index is 15.4. The van der Waals surface area contributed by atoms with Crippen molar-refractivity contribution in [1.82, 2.24) is 4.98 Å². The zero-order valence-electron chi connectivity index (χ0n) is 19.0. The molecule has 0 unspecified atom stereocenters. The molecule has 0 N–H and O–H groups in total. The number of pyridine rings is 1. The van der Waals surface area contributed by atoms with Gasteiger partial charge in [-0.2, -0.15) is 26.3 Å². The van der Waals surface area contributed by atoms with Gasteiger partial charge in [-0.15, -0.1) is 0 Å². The lowest BCUT2D eigenvalue weighted by Crippen LogP contribution is -2.50. The molecule has 16 heteroatoms. The smallest absolute Gasteiger partial charge is 0.309 e. The topological polar surface area (TPSA) is 53.5 Å². The summed E-state index contributed by atoms with van der Waals surface area (Å²) in [5.41, 5.74) is -8.77. The molecule has 3 aromatic rings. The van der Waals surface area contributed by atoms with Crippen LogP contribution in [0.5, 0.6) is 0 Å². The second-order valence-corrected chi connectivity index (χ2v) is 9.98. The van der Waals surface area contributed by atoms with Crippen molar-refractivity contribution in [3.8, 4) is 0 Å². The van der Waals surface area contributed by atoms with Gasteiger partial charge in [0.15, 0.2) is 5.82 Å². The molecule has 0 aliphatic carbocycles. The molecule has 0 aliphatic rings. The molecule has 0 saturated carbocycles. The highest BCUT2D eigenvalue weighted by atomic mass is 127. The molecule has 0 radical (unpaired) electrons. The molecule has 0 bridgehead atoms. The van der Waals surface area contributed by atoms with Gasteiger partial charge in [-0.05, 0) is 59.0 Å². The first-order valence-corrected chi connectivity index (χ1v) is 12.4. The number of carbonyl (C=O) groups is 2. The molecule has 1 aromatic heterocycles. The van der Waals surface area contributed by atoms with Crippen LogP contribution in [0.1, 0.15) is 26.3 Å². The Morgan fingerprint density at radius 1 is 0.897 bits per heavy atom. The van der Waals surface area contributed by atoms with Gasteiger partial charge in [-0.25, -0.2) is 17.7 Å². The lowest BCUT2D eigenvalue weighted by Gasteiger charge is -2.30. The maximum atomic E-state index is 15.4.